The monoisotopic (exact) mass is 281 g/mol. The summed E-state index contributed by atoms with van der Waals surface area (Å²) in [5.74, 6) is -0.353. The molecule has 0 radical (unpaired) electrons. The van der Waals surface area contributed by atoms with Crippen LogP contribution >= 0.6 is 0 Å². The zero-order chi connectivity index (χ0) is 15.2. The molecule has 3 N–H and O–H groups in total. The van der Waals surface area contributed by atoms with E-state index in [-0.39, 0.29) is 5.97 Å². The molecule has 2 aromatic carbocycles. The first-order valence-corrected chi connectivity index (χ1v) is 6.48. The van der Waals surface area contributed by atoms with Gasteiger partial charge < -0.3 is 15.8 Å². The van der Waals surface area contributed by atoms with E-state index >= 15 is 0 Å². The predicted octanol–water partition coefficient (Wildman–Crippen LogP) is 3.06. The van der Waals surface area contributed by atoms with Crippen LogP contribution < -0.4 is 11.1 Å². The molecule has 0 aliphatic heterocycles. The predicted molar refractivity (Wildman–Crippen MR) is 81.3 cm³/mol. The molecule has 0 amide bonds. The Labute approximate surface area is 123 Å². The molecule has 0 aromatic heterocycles. The number of carbonyl (C=O) groups excluding carboxylic acids is 1. The lowest BCUT2D eigenvalue weighted by atomic mass is 10.1. The Morgan fingerprint density at radius 2 is 2.00 bits per heavy atom. The topological polar surface area (TPSA) is 88.1 Å². The lowest BCUT2D eigenvalue weighted by Crippen LogP contribution is -2.04. The van der Waals surface area contributed by atoms with Crippen molar-refractivity contribution in [3.63, 3.8) is 0 Å². The van der Waals surface area contributed by atoms with Crippen molar-refractivity contribution in [3.05, 3.63) is 53.6 Å². The van der Waals surface area contributed by atoms with E-state index in [4.69, 9.17) is 15.7 Å². The second-order valence-corrected chi connectivity index (χ2v) is 4.34. The van der Waals surface area contributed by atoms with Gasteiger partial charge in [0, 0.05) is 11.4 Å². The van der Waals surface area contributed by atoms with Crippen molar-refractivity contribution in [3.8, 4) is 6.07 Å². The van der Waals surface area contributed by atoms with Crippen LogP contribution in [-0.2, 0) is 4.74 Å². The van der Waals surface area contributed by atoms with E-state index < -0.39 is 0 Å². The molecule has 5 nitrogen and oxygen atoms in total. The third-order valence-corrected chi connectivity index (χ3v) is 2.84. The lowest BCUT2D eigenvalue weighted by Gasteiger charge is -2.09. The minimum absolute atomic E-state index is 0.343. The van der Waals surface area contributed by atoms with Gasteiger partial charge in [-0.2, -0.15) is 5.26 Å². The summed E-state index contributed by atoms with van der Waals surface area (Å²) in [5.41, 5.74) is 8.56. The van der Waals surface area contributed by atoms with Crippen molar-refractivity contribution in [1.29, 1.82) is 5.26 Å². The molecule has 2 rings (SSSR count). The number of carbonyl (C=O) groups is 1. The fraction of sp³-hybridized carbons (Fsp3) is 0.125. The zero-order valence-corrected chi connectivity index (χ0v) is 11.6. The summed E-state index contributed by atoms with van der Waals surface area (Å²) in [6.45, 7) is 2.11. The molecule has 0 spiro atoms. The molecule has 0 saturated heterocycles. The highest BCUT2D eigenvalue weighted by Gasteiger charge is 2.07. The van der Waals surface area contributed by atoms with E-state index in [2.05, 4.69) is 11.4 Å². The third kappa shape index (κ3) is 3.51. The fourth-order valence-corrected chi connectivity index (χ4v) is 1.82. The maximum atomic E-state index is 11.6. The maximum absolute atomic E-state index is 11.6. The van der Waals surface area contributed by atoms with Gasteiger partial charge >= 0.3 is 5.97 Å². The highest BCUT2D eigenvalue weighted by Crippen LogP contribution is 2.23. The van der Waals surface area contributed by atoms with E-state index in [0.717, 1.165) is 5.69 Å². The van der Waals surface area contributed by atoms with Crippen LogP contribution in [0.3, 0.4) is 0 Å². The van der Waals surface area contributed by atoms with Gasteiger partial charge in [-0.05, 0) is 49.4 Å². The molecule has 0 heterocycles. The number of rotatable bonds is 4. The van der Waals surface area contributed by atoms with Crippen LogP contribution in [0.25, 0.3) is 0 Å². The van der Waals surface area contributed by atoms with Gasteiger partial charge in [0.1, 0.15) is 6.07 Å². The van der Waals surface area contributed by atoms with E-state index in [1.807, 2.05) is 0 Å². The first kappa shape index (κ1) is 14.4. The highest BCUT2D eigenvalue weighted by atomic mass is 16.5. The molecule has 21 heavy (non-hydrogen) atoms. The number of nitrogens with one attached hydrogen (secondary N) is 1. The number of nitrogen functional groups attached to an aromatic ring is 1. The van der Waals surface area contributed by atoms with Gasteiger partial charge in [-0.3, -0.25) is 0 Å². The molecule has 0 bridgehead atoms. The quantitative estimate of drug-likeness (QED) is 0.664. The van der Waals surface area contributed by atoms with Crippen LogP contribution in [0.5, 0.6) is 0 Å². The van der Waals surface area contributed by atoms with Gasteiger partial charge in [0.15, 0.2) is 0 Å². The summed E-state index contributed by atoms with van der Waals surface area (Å²) < 4.78 is 4.92. The van der Waals surface area contributed by atoms with E-state index in [1.54, 1.807) is 49.4 Å². The Morgan fingerprint density at radius 1 is 1.29 bits per heavy atom. The SMILES string of the molecule is CCOC(=O)c1ccc(Nc2ccc(N)cc2C#N)cc1. The van der Waals surface area contributed by atoms with Crippen LogP contribution in [0.4, 0.5) is 17.1 Å². The molecule has 2 aromatic rings. The van der Waals surface area contributed by atoms with E-state index in [0.29, 0.717) is 29.1 Å². The van der Waals surface area contributed by atoms with Gasteiger partial charge in [-0.15, -0.1) is 0 Å². The van der Waals surface area contributed by atoms with Crippen molar-refractivity contribution >= 4 is 23.0 Å². The Balaban J connectivity index is 2.18. The zero-order valence-electron chi connectivity index (χ0n) is 11.6. The van der Waals surface area contributed by atoms with Gasteiger partial charge in [-0.25, -0.2) is 4.79 Å². The van der Waals surface area contributed by atoms with Crippen molar-refractivity contribution in [1.82, 2.24) is 0 Å². The standard InChI is InChI=1S/C16H15N3O2/c1-2-21-16(20)11-3-6-14(7-4-11)19-15-8-5-13(18)9-12(15)10-17/h3-9,19H,2,18H2,1H3. The average molecular weight is 281 g/mol. The van der Waals surface area contributed by atoms with Gasteiger partial charge in [-0.1, -0.05) is 0 Å². The van der Waals surface area contributed by atoms with Crippen LogP contribution in [0, 0.1) is 11.3 Å². The summed E-state index contributed by atoms with van der Waals surface area (Å²) in [4.78, 5) is 11.6. The normalized spacial score (nSPS) is 9.71. The maximum Gasteiger partial charge on any atom is 0.338 e. The summed E-state index contributed by atoms with van der Waals surface area (Å²) >= 11 is 0. The largest absolute Gasteiger partial charge is 0.462 e. The van der Waals surface area contributed by atoms with Gasteiger partial charge in [0.25, 0.3) is 0 Å². The number of nitrogens with zero attached hydrogens (tertiary/aromatic N) is 1. The third-order valence-electron chi connectivity index (χ3n) is 2.84. The van der Waals surface area contributed by atoms with Crippen molar-refractivity contribution in [2.75, 3.05) is 17.7 Å². The minimum atomic E-state index is -0.353. The Hall–Kier alpha value is -3.00. The molecular formula is C16H15N3O2. The Bertz CT molecular complexity index is 688. The molecule has 5 heteroatoms. The summed E-state index contributed by atoms with van der Waals surface area (Å²) in [7, 11) is 0. The van der Waals surface area contributed by atoms with Crippen molar-refractivity contribution in [2.45, 2.75) is 6.92 Å². The van der Waals surface area contributed by atoms with Gasteiger partial charge in [0.2, 0.25) is 0 Å². The second kappa shape index (κ2) is 6.44. The first-order chi connectivity index (χ1) is 10.1. The van der Waals surface area contributed by atoms with Crippen LogP contribution in [0.1, 0.15) is 22.8 Å². The summed E-state index contributed by atoms with van der Waals surface area (Å²) in [6, 6.07) is 14.0. The summed E-state index contributed by atoms with van der Waals surface area (Å²) in [5, 5.41) is 12.2. The number of nitrogens with two attached hydrogens (primary N) is 1. The molecule has 106 valence electrons. The van der Waals surface area contributed by atoms with Crippen molar-refractivity contribution < 1.29 is 9.53 Å². The summed E-state index contributed by atoms with van der Waals surface area (Å²) in [6.07, 6.45) is 0. The Kier molecular flexibility index (Phi) is 4.42. The highest BCUT2D eigenvalue weighted by molar-refractivity contribution is 5.90. The number of esters is 1. The number of anilines is 3. The van der Waals surface area contributed by atoms with E-state index in [1.165, 1.54) is 0 Å². The number of ether oxygens (including phenoxy) is 1. The molecule has 0 atom stereocenters. The second-order valence-electron chi connectivity index (χ2n) is 4.34. The molecule has 0 saturated carbocycles. The van der Waals surface area contributed by atoms with Gasteiger partial charge in [0.05, 0.1) is 23.4 Å². The Morgan fingerprint density at radius 3 is 2.62 bits per heavy atom. The van der Waals surface area contributed by atoms with Crippen LogP contribution in [-0.4, -0.2) is 12.6 Å². The van der Waals surface area contributed by atoms with E-state index in [9.17, 15) is 4.79 Å². The molecule has 0 aliphatic rings. The molecule has 0 aliphatic carbocycles. The van der Waals surface area contributed by atoms with Crippen LogP contribution in [0.2, 0.25) is 0 Å². The smallest absolute Gasteiger partial charge is 0.338 e. The van der Waals surface area contributed by atoms with Crippen LogP contribution in [0.15, 0.2) is 42.5 Å². The number of hydrogen-bond acceptors (Lipinski definition) is 5. The van der Waals surface area contributed by atoms with Crippen molar-refractivity contribution in [2.24, 2.45) is 0 Å². The fourth-order valence-electron chi connectivity index (χ4n) is 1.82. The minimum Gasteiger partial charge on any atom is -0.462 e. The average Bonchev–Trinajstić information content (AvgIpc) is 2.50. The number of hydrogen-bond donors (Lipinski definition) is 2. The molecule has 0 unspecified atom stereocenters. The molecule has 0 fully saturated rings. The lowest BCUT2D eigenvalue weighted by molar-refractivity contribution is 0.0526. The number of benzene rings is 2. The first-order valence-electron chi connectivity index (χ1n) is 6.48. The number of nitriles is 1. The molecular weight excluding hydrogens is 266 g/mol.